The van der Waals surface area contributed by atoms with Crippen LogP contribution in [0.25, 0.3) is 0 Å². The molecule has 0 aromatic heterocycles. The zero-order valence-electron chi connectivity index (χ0n) is 25.8. The van der Waals surface area contributed by atoms with E-state index in [-0.39, 0.29) is 34.8 Å². The number of hydrogen-bond acceptors (Lipinski definition) is 5. The zero-order valence-corrected chi connectivity index (χ0v) is 26.6. The number of allylic oxidation sites excluding steroid dienone is 1. The van der Waals surface area contributed by atoms with E-state index in [0.29, 0.717) is 43.5 Å². The molecule has 1 aliphatic carbocycles. The maximum absolute atomic E-state index is 13.3. The van der Waals surface area contributed by atoms with Gasteiger partial charge in [0.1, 0.15) is 0 Å². The molecule has 0 spiro atoms. The summed E-state index contributed by atoms with van der Waals surface area (Å²) in [6.07, 6.45) is 11.7. The van der Waals surface area contributed by atoms with Crippen molar-refractivity contribution in [2.24, 2.45) is 28.9 Å². The average molecular weight is 584 g/mol. The second-order valence-electron chi connectivity index (χ2n) is 13.2. The van der Waals surface area contributed by atoms with E-state index in [1.165, 1.54) is 5.56 Å². The van der Waals surface area contributed by atoms with Gasteiger partial charge < -0.3 is 16.4 Å². The van der Waals surface area contributed by atoms with Crippen LogP contribution in [0.4, 0.5) is 0 Å². The lowest BCUT2D eigenvalue weighted by Crippen LogP contribution is -2.49. The van der Waals surface area contributed by atoms with Crippen molar-refractivity contribution >= 4 is 29.4 Å². The van der Waals surface area contributed by atoms with Crippen molar-refractivity contribution in [2.45, 2.75) is 116 Å². The molecule has 5 atom stereocenters. The minimum absolute atomic E-state index is 0.0450. The smallest absolute Gasteiger partial charge is 0.223 e. The topological polar surface area (TPSA) is 101 Å². The molecule has 228 valence electrons. The molecule has 0 radical (unpaired) electrons. The average Bonchev–Trinajstić information content (AvgIpc) is 3.59. The van der Waals surface area contributed by atoms with E-state index in [1.54, 1.807) is 0 Å². The van der Waals surface area contributed by atoms with Crippen molar-refractivity contribution in [3.05, 3.63) is 46.9 Å². The molecule has 1 heterocycles. The van der Waals surface area contributed by atoms with E-state index in [1.807, 2.05) is 32.5 Å². The number of hydrogen-bond donors (Lipinski definition) is 3. The fourth-order valence-electron chi connectivity index (χ4n) is 6.18. The largest absolute Gasteiger partial charge is 0.352 e. The van der Waals surface area contributed by atoms with E-state index in [9.17, 15) is 14.4 Å². The third kappa shape index (κ3) is 10.6. The van der Waals surface area contributed by atoms with E-state index in [0.717, 1.165) is 56.9 Å². The number of benzene rings is 1. The van der Waals surface area contributed by atoms with Crippen LogP contribution in [0.5, 0.6) is 0 Å². The Hall–Kier alpha value is -2.12. The molecule has 7 heteroatoms. The Morgan fingerprint density at radius 3 is 2.37 bits per heavy atom. The van der Waals surface area contributed by atoms with Gasteiger partial charge in [-0.1, -0.05) is 83.7 Å². The molecule has 2 aliphatic rings. The van der Waals surface area contributed by atoms with Gasteiger partial charge in [-0.15, -0.1) is 11.8 Å². The van der Waals surface area contributed by atoms with Crippen molar-refractivity contribution in [2.75, 3.05) is 6.54 Å². The first-order chi connectivity index (χ1) is 19.6. The van der Waals surface area contributed by atoms with Gasteiger partial charge in [0.05, 0.1) is 6.04 Å². The van der Waals surface area contributed by atoms with Crippen molar-refractivity contribution in [1.29, 1.82) is 0 Å². The first kappa shape index (κ1) is 33.4. The lowest BCUT2D eigenvalue weighted by molar-refractivity contribution is -0.131. The molecule has 1 fully saturated rings. The molecule has 5 unspecified atom stereocenters. The number of amides is 2. The summed E-state index contributed by atoms with van der Waals surface area (Å²) in [7, 11) is 0. The third-order valence-corrected chi connectivity index (χ3v) is 10.0. The minimum atomic E-state index is -0.509. The monoisotopic (exact) mass is 583 g/mol. The maximum Gasteiger partial charge on any atom is 0.223 e. The van der Waals surface area contributed by atoms with Gasteiger partial charge in [-0.2, -0.15) is 0 Å². The number of carbonyl (C=O) groups is 3. The number of thioether (sulfide) groups is 1. The fourth-order valence-corrected chi connectivity index (χ4v) is 7.34. The van der Waals surface area contributed by atoms with E-state index in [2.05, 4.69) is 53.3 Å². The summed E-state index contributed by atoms with van der Waals surface area (Å²) in [6.45, 7) is 9.50. The van der Waals surface area contributed by atoms with E-state index in [4.69, 9.17) is 5.73 Å². The molecule has 1 aromatic rings. The highest BCUT2D eigenvalue weighted by Gasteiger charge is 2.36. The van der Waals surface area contributed by atoms with Crippen LogP contribution >= 0.6 is 11.8 Å². The summed E-state index contributed by atoms with van der Waals surface area (Å²) in [4.78, 5) is 39.1. The maximum atomic E-state index is 13.3. The number of carbonyl (C=O) groups excluding carboxylic acids is 3. The predicted octanol–water partition coefficient (Wildman–Crippen LogP) is 6.84. The van der Waals surface area contributed by atoms with Crippen LogP contribution in [0.3, 0.4) is 0 Å². The van der Waals surface area contributed by atoms with Crippen molar-refractivity contribution in [3.8, 4) is 0 Å². The molecule has 41 heavy (non-hydrogen) atoms. The normalized spacial score (nSPS) is 23.0. The fraction of sp³-hybridized carbons (Fsp3) is 0.676. The summed E-state index contributed by atoms with van der Waals surface area (Å²) < 4.78 is 0. The Kier molecular flexibility index (Phi) is 13.4. The van der Waals surface area contributed by atoms with Crippen LogP contribution in [0.15, 0.2) is 35.7 Å². The molecule has 3 rings (SSSR count). The summed E-state index contributed by atoms with van der Waals surface area (Å²) in [5.74, 6) is 0.820. The molecule has 2 amide bonds. The number of nitrogens with two attached hydrogens (primary N) is 1. The van der Waals surface area contributed by atoms with Crippen molar-refractivity contribution in [3.63, 3.8) is 0 Å². The van der Waals surface area contributed by atoms with Gasteiger partial charge in [0, 0.05) is 30.6 Å². The van der Waals surface area contributed by atoms with Gasteiger partial charge in [-0.05, 0) is 72.4 Å². The van der Waals surface area contributed by atoms with Gasteiger partial charge in [0.25, 0.3) is 0 Å². The highest BCUT2D eigenvalue weighted by atomic mass is 32.2. The Bertz CT molecular complexity index is 1020. The molecule has 0 saturated heterocycles. The number of nitrogens with one attached hydrogen (secondary N) is 2. The quantitative estimate of drug-likeness (QED) is 0.185. The van der Waals surface area contributed by atoms with E-state index >= 15 is 0 Å². The molecule has 0 bridgehead atoms. The van der Waals surface area contributed by atoms with Crippen LogP contribution in [-0.4, -0.2) is 30.2 Å². The van der Waals surface area contributed by atoms with Crippen molar-refractivity contribution < 1.29 is 14.4 Å². The van der Waals surface area contributed by atoms with Crippen LogP contribution in [-0.2, 0) is 20.9 Å². The summed E-state index contributed by atoms with van der Waals surface area (Å²) in [5, 5.41) is 8.86. The summed E-state index contributed by atoms with van der Waals surface area (Å²) in [6, 6.07) is 8.09. The van der Waals surface area contributed by atoms with Gasteiger partial charge in [0.2, 0.25) is 11.8 Å². The predicted molar refractivity (Wildman–Crippen MR) is 170 cm³/mol. The van der Waals surface area contributed by atoms with Gasteiger partial charge in [0.15, 0.2) is 5.78 Å². The first-order valence-electron chi connectivity index (χ1n) is 15.8. The van der Waals surface area contributed by atoms with Gasteiger partial charge in [-0.25, -0.2) is 0 Å². The summed E-state index contributed by atoms with van der Waals surface area (Å²) in [5.41, 5.74) is 7.61. The molecule has 6 nitrogen and oxygen atoms in total. The Morgan fingerprint density at radius 1 is 1.00 bits per heavy atom. The number of unbranched alkanes of at least 4 members (excludes halogenated alkanes) is 4. The Morgan fingerprint density at radius 2 is 1.71 bits per heavy atom. The summed E-state index contributed by atoms with van der Waals surface area (Å²) >= 11 is 1.86. The van der Waals surface area contributed by atoms with E-state index < -0.39 is 6.04 Å². The highest BCUT2D eigenvalue weighted by Crippen LogP contribution is 2.42. The van der Waals surface area contributed by atoms with Crippen molar-refractivity contribution in [1.82, 2.24) is 10.6 Å². The third-order valence-electron chi connectivity index (χ3n) is 8.72. The Labute approximate surface area is 252 Å². The molecular weight excluding hydrogens is 530 g/mol. The number of Topliss-reactive ketones (excluding diaryl/α,β-unsaturated/α-hetero) is 1. The number of rotatable bonds is 16. The van der Waals surface area contributed by atoms with Crippen LogP contribution < -0.4 is 16.4 Å². The van der Waals surface area contributed by atoms with Crippen LogP contribution in [0.2, 0.25) is 0 Å². The highest BCUT2D eigenvalue weighted by molar-refractivity contribution is 8.02. The Balaban J connectivity index is 1.44. The van der Waals surface area contributed by atoms with Gasteiger partial charge in [-0.3, -0.25) is 14.4 Å². The molecule has 1 aliphatic heterocycles. The van der Waals surface area contributed by atoms with Crippen LogP contribution in [0, 0.1) is 23.2 Å². The lowest BCUT2D eigenvalue weighted by Gasteiger charge is -2.31. The van der Waals surface area contributed by atoms with Gasteiger partial charge >= 0.3 is 0 Å². The second-order valence-corrected chi connectivity index (χ2v) is 14.2. The molecule has 4 N–H and O–H groups in total. The molecule has 1 aromatic carbocycles. The molecular formula is C34H53N3O3S. The zero-order chi connectivity index (χ0) is 29.8. The molecule has 1 saturated carbocycles. The van der Waals surface area contributed by atoms with Crippen LogP contribution in [0.1, 0.15) is 115 Å². The lowest BCUT2D eigenvalue weighted by atomic mass is 9.81. The first-order valence-corrected chi connectivity index (χ1v) is 16.7. The standard InChI is InChI=1S/C34H53N3O3S/c1-24-20-22-41-31(24)27-16-14-25(15-17-27)23-36-33(40)28-12-10-11-26(28)18-19-29(38)32(34(2,3)4)37-30(39)13-8-6-5-7-9-21-35/h14-17,20,22,24,26,28,31-32H,5-13,18-19,21,23,35H2,1-4H3,(H,36,40)(H,37,39). The minimum Gasteiger partial charge on any atom is -0.352 e. The number of ketones is 1. The SMILES string of the molecule is CC1C=CSC1c1ccc(CNC(=O)C2CCCC2CCC(=O)C(NC(=O)CCCCCCCN)C(C)(C)C)cc1. The second kappa shape index (κ2) is 16.5.